The van der Waals surface area contributed by atoms with Gasteiger partial charge in [0.2, 0.25) is 0 Å². The number of esters is 1. The van der Waals surface area contributed by atoms with Gasteiger partial charge >= 0.3 is 5.97 Å². The third-order valence-corrected chi connectivity index (χ3v) is 2.65. The summed E-state index contributed by atoms with van der Waals surface area (Å²) in [5.74, 6) is 0.445. The average Bonchev–Trinajstić information content (AvgIpc) is 2.35. The molecule has 0 bridgehead atoms. The van der Waals surface area contributed by atoms with E-state index in [1.165, 1.54) is 7.11 Å². The lowest BCUT2D eigenvalue weighted by atomic mass is 10.1. The summed E-state index contributed by atoms with van der Waals surface area (Å²) in [6.07, 6.45) is 2.18. The van der Waals surface area contributed by atoms with E-state index in [0.717, 1.165) is 24.2 Å². The Morgan fingerprint density at radius 2 is 2.06 bits per heavy atom. The second-order valence-corrected chi connectivity index (χ2v) is 4.04. The quantitative estimate of drug-likeness (QED) is 0.712. The summed E-state index contributed by atoms with van der Waals surface area (Å²) < 4.78 is 10.5. The molecule has 0 aliphatic heterocycles. The van der Waals surface area contributed by atoms with Crippen LogP contribution in [-0.4, -0.2) is 19.2 Å². The predicted molar refractivity (Wildman–Crippen MR) is 67.1 cm³/mol. The maximum atomic E-state index is 11.6. The van der Waals surface area contributed by atoms with Gasteiger partial charge in [0.25, 0.3) is 0 Å². The number of para-hydroxylation sites is 1. The summed E-state index contributed by atoms with van der Waals surface area (Å²) in [4.78, 5) is 11.6. The van der Waals surface area contributed by atoms with Crippen molar-refractivity contribution < 1.29 is 14.3 Å². The van der Waals surface area contributed by atoms with Gasteiger partial charge in [-0.25, -0.2) is 4.79 Å². The van der Waals surface area contributed by atoms with E-state index < -0.39 is 6.10 Å². The van der Waals surface area contributed by atoms with Gasteiger partial charge in [-0.15, -0.1) is 0 Å². The molecule has 0 saturated heterocycles. The number of hydrogen-bond donors (Lipinski definition) is 0. The van der Waals surface area contributed by atoms with Crippen LogP contribution in [-0.2, 0) is 9.53 Å². The fourth-order valence-electron chi connectivity index (χ4n) is 1.59. The highest BCUT2D eigenvalue weighted by molar-refractivity contribution is 5.75. The Morgan fingerprint density at radius 3 is 2.65 bits per heavy atom. The number of hydrogen-bond acceptors (Lipinski definition) is 3. The number of rotatable bonds is 6. The highest BCUT2D eigenvalue weighted by Gasteiger charge is 2.20. The summed E-state index contributed by atoms with van der Waals surface area (Å²) in [7, 11) is 1.39. The second kappa shape index (κ2) is 6.94. The third kappa shape index (κ3) is 4.10. The van der Waals surface area contributed by atoms with E-state index in [-0.39, 0.29) is 5.97 Å². The van der Waals surface area contributed by atoms with Crippen LogP contribution in [0.5, 0.6) is 5.75 Å². The molecule has 1 aromatic rings. The van der Waals surface area contributed by atoms with E-state index in [1.54, 1.807) is 0 Å². The minimum absolute atomic E-state index is 0.304. The van der Waals surface area contributed by atoms with Crippen molar-refractivity contribution in [3.05, 3.63) is 29.8 Å². The summed E-state index contributed by atoms with van der Waals surface area (Å²) in [5.41, 5.74) is 1.03. The zero-order chi connectivity index (χ0) is 12.7. The van der Waals surface area contributed by atoms with Crippen LogP contribution in [0.1, 0.15) is 31.7 Å². The highest BCUT2D eigenvalue weighted by atomic mass is 16.6. The summed E-state index contributed by atoms with van der Waals surface area (Å²) in [6, 6.07) is 7.68. The van der Waals surface area contributed by atoms with Gasteiger partial charge in [-0.3, -0.25) is 0 Å². The van der Waals surface area contributed by atoms with Crippen molar-refractivity contribution in [1.82, 2.24) is 0 Å². The van der Waals surface area contributed by atoms with E-state index in [1.807, 2.05) is 31.2 Å². The normalized spacial score (nSPS) is 11.9. The lowest BCUT2D eigenvalue weighted by molar-refractivity contribution is -0.149. The Hall–Kier alpha value is -1.51. The Kier molecular flexibility index (Phi) is 5.53. The molecule has 94 valence electrons. The number of unbranched alkanes of at least 4 members (excludes halogenated alkanes) is 1. The molecule has 0 aliphatic rings. The summed E-state index contributed by atoms with van der Waals surface area (Å²) >= 11 is 0. The van der Waals surface area contributed by atoms with E-state index in [2.05, 4.69) is 6.92 Å². The van der Waals surface area contributed by atoms with Crippen molar-refractivity contribution in [2.45, 2.75) is 39.2 Å². The Balaban J connectivity index is 2.72. The maximum Gasteiger partial charge on any atom is 0.347 e. The number of aryl methyl sites for hydroxylation is 1. The lowest BCUT2D eigenvalue weighted by Crippen LogP contribution is -2.28. The molecule has 0 N–H and O–H groups in total. The Morgan fingerprint density at radius 1 is 1.35 bits per heavy atom. The van der Waals surface area contributed by atoms with Crippen molar-refractivity contribution in [2.75, 3.05) is 7.11 Å². The molecule has 1 unspecified atom stereocenters. The average molecular weight is 236 g/mol. The van der Waals surface area contributed by atoms with Gasteiger partial charge in [-0.2, -0.15) is 0 Å². The zero-order valence-electron chi connectivity index (χ0n) is 10.7. The molecule has 1 atom stereocenters. The molecule has 3 nitrogen and oxygen atoms in total. The van der Waals surface area contributed by atoms with Gasteiger partial charge < -0.3 is 9.47 Å². The van der Waals surface area contributed by atoms with E-state index in [4.69, 9.17) is 9.47 Å². The van der Waals surface area contributed by atoms with Crippen LogP contribution in [0.2, 0.25) is 0 Å². The van der Waals surface area contributed by atoms with Crippen LogP contribution in [0.4, 0.5) is 0 Å². The molecule has 0 aliphatic carbocycles. The monoisotopic (exact) mass is 236 g/mol. The minimum atomic E-state index is -0.499. The second-order valence-electron chi connectivity index (χ2n) is 4.04. The van der Waals surface area contributed by atoms with Crippen molar-refractivity contribution in [2.24, 2.45) is 0 Å². The summed E-state index contributed by atoms with van der Waals surface area (Å²) in [6.45, 7) is 4.05. The molecule has 1 aromatic carbocycles. The number of methoxy groups -OCH3 is 1. The predicted octanol–water partition coefficient (Wildman–Crippen LogP) is 3.11. The fourth-order valence-corrected chi connectivity index (χ4v) is 1.59. The van der Waals surface area contributed by atoms with Crippen molar-refractivity contribution in [3.63, 3.8) is 0 Å². The molecule has 3 heteroatoms. The molecule has 0 saturated carbocycles. The van der Waals surface area contributed by atoms with Crippen molar-refractivity contribution in [1.29, 1.82) is 0 Å². The topological polar surface area (TPSA) is 35.5 Å². The largest absolute Gasteiger partial charge is 0.478 e. The van der Waals surface area contributed by atoms with Crippen LogP contribution in [0.25, 0.3) is 0 Å². The SMILES string of the molecule is CCCCC(Oc1ccccc1C)C(=O)OC. The van der Waals surface area contributed by atoms with Gasteiger partial charge in [-0.1, -0.05) is 31.5 Å². The molecular weight excluding hydrogens is 216 g/mol. The minimum Gasteiger partial charge on any atom is -0.478 e. The first-order chi connectivity index (χ1) is 8.19. The van der Waals surface area contributed by atoms with Crippen LogP contribution in [0.3, 0.4) is 0 Å². The maximum absolute atomic E-state index is 11.6. The van der Waals surface area contributed by atoms with E-state index >= 15 is 0 Å². The fraction of sp³-hybridized carbons (Fsp3) is 0.500. The first kappa shape index (κ1) is 13.6. The molecule has 0 heterocycles. The van der Waals surface area contributed by atoms with Gasteiger partial charge in [0.15, 0.2) is 6.10 Å². The van der Waals surface area contributed by atoms with E-state index in [9.17, 15) is 4.79 Å². The van der Waals surface area contributed by atoms with E-state index in [0.29, 0.717) is 6.42 Å². The molecule has 0 fully saturated rings. The Bertz CT molecular complexity index is 360. The number of ether oxygens (including phenoxy) is 2. The first-order valence-corrected chi connectivity index (χ1v) is 5.99. The standard InChI is InChI=1S/C14H20O3/c1-4-5-9-13(14(15)16-3)17-12-10-7-6-8-11(12)2/h6-8,10,13H,4-5,9H2,1-3H3. The molecule has 17 heavy (non-hydrogen) atoms. The zero-order valence-corrected chi connectivity index (χ0v) is 10.7. The third-order valence-electron chi connectivity index (χ3n) is 2.65. The van der Waals surface area contributed by atoms with Crippen LogP contribution >= 0.6 is 0 Å². The first-order valence-electron chi connectivity index (χ1n) is 5.99. The van der Waals surface area contributed by atoms with Crippen LogP contribution < -0.4 is 4.74 Å². The molecule has 1 rings (SSSR count). The molecular formula is C14H20O3. The summed E-state index contributed by atoms with van der Waals surface area (Å²) in [5, 5.41) is 0. The van der Waals surface area contributed by atoms with Gasteiger partial charge in [0.05, 0.1) is 7.11 Å². The van der Waals surface area contributed by atoms with Crippen LogP contribution in [0, 0.1) is 6.92 Å². The van der Waals surface area contributed by atoms with Crippen LogP contribution in [0.15, 0.2) is 24.3 Å². The number of carbonyl (C=O) groups excluding carboxylic acids is 1. The molecule has 0 spiro atoms. The van der Waals surface area contributed by atoms with Crippen molar-refractivity contribution >= 4 is 5.97 Å². The lowest BCUT2D eigenvalue weighted by Gasteiger charge is -2.17. The van der Waals surface area contributed by atoms with Crippen molar-refractivity contribution in [3.8, 4) is 5.75 Å². The Labute approximate surface area is 103 Å². The molecule has 0 amide bonds. The smallest absolute Gasteiger partial charge is 0.347 e. The van der Waals surface area contributed by atoms with Gasteiger partial charge in [0, 0.05) is 0 Å². The molecule has 0 aromatic heterocycles. The van der Waals surface area contributed by atoms with Gasteiger partial charge in [0.1, 0.15) is 5.75 Å². The highest BCUT2D eigenvalue weighted by Crippen LogP contribution is 2.20. The number of benzene rings is 1. The number of carbonyl (C=O) groups is 1. The van der Waals surface area contributed by atoms with Gasteiger partial charge in [-0.05, 0) is 31.4 Å². The molecule has 0 radical (unpaired) electrons.